The van der Waals surface area contributed by atoms with Gasteiger partial charge in [0.15, 0.2) is 11.9 Å². The average Bonchev–Trinajstić information content (AvgIpc) is 2.41. The summed E-state index contributed by atoms with van der Waals surface area (Å²) in [4.78, 5) is 23.1. The number of ketones is 1. The molecule has 4 heteroatoms. The summed E-state index contributed by atoms with van der Waals surface area (Å²) in [6, 6.07) is 9.53. The van der Waals surface area contributed by atoms with Gasteiger partial charge in [-0.25, -0.2) is 4.79 Å². The summed E-state index contributed by atoms with van der Waals surface area (Å²) >= 11 is 0. The van der Waals surface area contributed by atoms with E-state index in [1.165, 1.54) is 6.92 Å². The zero-order chi connectivity index (χ0) is 13.8. The van der Waals surface area contributed by atoms with Crippen LogP contribution in [-0.4, -0.2) is 23.0 Å². The van der Waals surface area contributed by atoms with Crippen LogP contribution in [0.15, 0.2) is 47.7 Å². The molecular weight excluding hydrogens is 244 g/mol. The lowest BCUT2D eigenvalue weighted by molar-refractivity contribution is -0.153. The Kier molecular flexibility index (Phi) is 3.80. The van der Waals surface area contributed by atoms with Crippen LogP contribution in [-0.2, 0) is 14.3 Å². The number of ether oxygens (including phenoxy) is 1. The molecule has 0 bridgehead atoms. The molecule has 1 heterocycles. The van der Waals surface area contributed by atoms with E-state index in [0.29, 0.717) is 0 Å². The molecule has 0 aliphatic carbocycles. The van der Waals surface area contributed by atoms with Gasteiger partial charge in [0.25, 0.3) is 0 Å². The highest BCUT2D eigenvalue weighted by molar-refractivity contribution is 6.08. The molecule has 1 unspecified atom stereocenters. The Morgan fingerprint density at radius 1 is 1.26 bits per heavy atom. The number of Topliss-reactive ketones (excluding diaryl/α,β-unsaturated/α-hetero) is 1. The van der Waals surface area contributed by atoms with E-state index in [2.05, 4.69) is 0 Å². The van der Waals surface area contributed by atoms with Crippen molar-refractivity contribution in [2.24, 2.45) is 0 Å². The number of aliphatic hydroxyl groups is 1. The van der Waals surface area contributed by atoms with E-state index in [1.54, 1.807) is 6.08 Å². The standard InChI is InChI=1S/C15H14O4/c1-10-13(16)14(17)12(15(18)19-10)9-5-8-11-6-3-2-4-7-11/h2-8,10,17H,9H2,1H3. The number of allylic oxidation sites excluding steroid dienone is 1. The van der Waals surface area contributed by atoms with Gasteiger partial charge in [-0.3, -0.25) is 4.79 Å². The maximum Gasteiger partial charge on any atom is 0.338 e. The van der Waals surface area contributed by atoms with Gasteiger partial charge in [0.1, 0.15) is 0 Å². The van der Waals surface area contributed by atoms with Crippen LogP contribution in [0.4, 0.5) is 0 Å². The molecule has 0 saturated heterocycles. The topological polar surface area (TPSA) is 63.6 Å². The smallest absolute Gasteiger partial charge is 0.338 e. The van der Waals surface area contributed by atoms with Crippen molar-refractivity contribution in [1.82, 2.24) is 0 Å². The first-order valence-corrected chi connectivity index (χ1v) is 5.98. The van der Waals surface area contributed by atoms with Crippen LogP contribution >= 0.6 is 0 Å². The second-order valence-electron chi connectivity index (χ2n) is 4.26. The summed E-state index contributed by atoms with van der Waals surface area (Å²) in [7, 11) is 0. The van der Waals surface area contributed by atoms with Gasteiger partial charge in [0, 0.05) is 6.42 Å². The molecule has 1 aliphatic rings. The van der Waals surface area contributed by atoms with Crippen LogP contribution in [0.3, 0.4) is 0 Å². The van der Waals surface area contributed by atoms with Crippen LogP contribution in [0.25, 0.3) is 6.08 Å². The highest BCUT2D eigenvalue weighted by Gasteiger charge is 2.32. The Morgan fingerprint density at radius 2 is 1.95 bits per heavy atom. The number of carbonyl (C=O) groups excluding carboxylic acids is 2. The molecule has 0 radical (unpaired) electrons. The Balaban J connectivity index is 2.12. The normalized spacial score (nSPS) is 19.9. The third-order valence-corrected chi connectivity index (χ3v) is 2.85. The van der Waals surface area contributed by atoms with Gasteiger partial charge in [0.2, 0.25) is 5.78 Å². The molecule has 1 N–H and O–H groups in total. The maximum absolute atomic E-state index is 11.6. The number of carbonyl (C=O) groups is 2. The van der Waals surface area contributed by atoms with Crippen molar-refractivity contribution in [3.05, 3.63) is 53.3 Å². The van der Waals surface area contributed by atoms with E-state index in [4.69, 9.17) is 4.74 Å². The van der Waals surface area contributed by atoms with Crippen molar-refractivity contribution in [3.63, 3.8) is 0 Å². The number of benzene rings is 1. The van der Waals surface area contributed by atoms with E-state index >= 15 is 0 Å². The van der Waals surface area contributed by atoms with Crippen LogP contribution < -0.4 is 0 Å². The quantitative estimate of drug-likeness (QED) is 0.846. The predicted octanol–water partition coefficient (Wildman–Crippen LogP) is 2.42. The molecule has 0 amide bonds. The minimum Gasteiger partial charge on any atom is -0.504 e. The maximum atomic E-state index is 11.6. The van der Waals surface area contributed by atoms with Gasteiger partial charge >= 0.3 is 5.97 Å². The first-order chi connectivity index (χ1) is 9.09. The lowest BCUT2D eigenvalue weighted by Gasteiger charge is -2.19. The molecule has 0 saturated carbocycles. The van der Waals surface area contributed by atoms with Crippen LogP contribution in [0.1, 0.15) is 18.9 Å². The minimum atomic E-state index is -0.908. The molecule has 2 rings (SSSR count). The van der Waals surface area contributed by atoms with Gasteiger partial charge in [-0.05, 0) is 12.5 Å². The van der Waals surface area contributed by atoms with E-state index in [0.717, 1.165) is 5.56 Å². The molecule has 1 atom stereocenters. The molecule has 1 aliphatic heterocycles. The number of cyclic esters (lactones) is 1. The Labute approximate surface area is 111 Å². The SMILES string of the molecule is CC1OC(=O)C(CC=Cc2ccccc2)=C(O)C1=O. The van der Waals surface area contributed by atoms with Crippen molar-refractivity contribution in [2.45, 2.75) is 19.4 Å². The lowest BCUT2D eigenvalue weighted by Crippen LogP contribution is -2.33. The fraction of sp³-hybridized carbons (Fsp3) is 0.200. The highest BCUT2D eigenvalue weighted by Crippen LogP contribution is 2.20. The second-order valence-corrected chi connectivity index (χ2v) is 4.26. The Bertz CT molecular complexity index is 555. The van der Waals surface area contributed by atoms with Gasteiger partial charge in [-0.15, -0.1) is 0 Å². The monoisotopic (exact) mass is 258 g/mol. The molecule has 1 aromatic carbocycles. The van der Waals surface area contributed by atoms with E-state index < -0.39 is 23.6 Å². The zero-order valence-electron chi connectivity index (χ0n) is 10.5. The van der Waals surface area contributed by atoms with Gasteiger partial charge in [-0.2, -0.15) is 0 Å². The lowest BCUT2D eigenvalue weighted by atomic mass is 10.0. The number of hydrogen-bond donors (Lipinski definition) is 1. The third kappa shape index (κ3) is 2.91. The molecule has 0 aromatic heterocycles. The Hall–Kier alpha value is -2.36. The molecule has 0 spiro atoms. The summed E-state index contributed by atoms with van der Waals surface area (Å²) < 4.78 is 4.84. The van der Waals surface area contributed by atoms with Crippen LogP contribution in [0, 0.1) is 0 Å². The van der Waals surface area contributed by atoms with Crippen molar-refractivity contribution in [2.75, 3.05) is 0 Å². The molecule has 0 fully saturated rings. The highest BCUT2D eigenvalue weighted by atomic mass is 16.5. The van der Waals surface area contributed by atoms with E-state index in [1.807, 2.05) is 36.4 Å². The fourth-order valence-electron chi connectivity index (χ4n) is 1.78. The number of hydrogen-bond acceptors (Lipinski definition) is 4. The van der Waals surface area contributed by atoms with Crippen molar-refractivity contribution in [1.29, 1.82) is 0 Å². The van der Waals surface area contributed by atoms with Crippen molar-refractivity contribution >= 4 is 17.8 Å². The zero-order valence-corrected chi connectivity index (χ0v) is 10.5. The van der Waals surface area contributed by atoms with E-state index in [-0.39, 0.29) is 12.0 Å². The number of rotatable bonds is 3. The molecule has 1 aromatic rings. The molecule has 4 nitrogen and oxygen atoms in total. The molecule has 98 valence electrons. The molecular formula is C15H14O4. The van der Waals surface area contributed by atoms with Crippen LogP contribution in [0.5, 0.6) is 0 Å². The summed E-state index contributed by atoms with van der Waals surface area (Å²) in [6.45, 7) is 1.44. The summed E-state index contributed by atoms with van der Waals surface area (Å²) in [6.07, 6.45) is 2.79. The summed E-state index contributed by atoms with van der Waals surface area (Å²) in [5.74, 6) is -1.67. The largest absolute Gasteiger partial charge is 0.504 e. The van der Waals surface area contributed by atoms with Gasteiger partial charge in [-0.1, -0.05) is 42.5 Å². The van der Waals surface area contributed by atoms with E-state index in [9.17, 15) is 14.7 Å². The number of aliphatic hydroxyl groups excluding tert-OH is 1. The molecule has 19 heavy (non-hydrogen) atoms. The first kappa shape index (κ1) is 13.1. The Morgan fingerprint density at radius 3 is 2.63 bits per heavy atom. The van der Waals surface area contributed by atoms with Crippen molar-refractivity contribution < 1.29 is 19.4 Å². The average molecular weight is 258 g/mol. The van der Waals surface area contributed by atoms with Gasteiger partial charge < -0.3 is 9.84 Å². The van der Waals surface area contributed by atoms with Gasteiger partial charge in [0.05, 0.1) is 5.57 Å². The van der Waals surface area contributed by atoms with Crippen LogP contribution in [0.2, 0.25) is 0 Å². The first-order valence-electron chi connectivity index (χ1n) is 5.98. The number of esters is 1. The minimum absolute atomic E-state index is 0.00952. The fourth-order valence-corrected chi connectivity index (χ4v) is 1.78. The third-order valence-electron chi connectivity index (χ3n) is 2.85. The summed E-state index contributed by atoms with van der Waals surface area (Å²) in [5.41, 5.74) is 0.988. The second kappa shape index (κ2) is 5.52. The predicted molar refractivity (Wildman–Crippen MR) is 70.3 cm³/mol. The summed E-state index contributed by atoms with van der Waals surface area (Å²) in [5, 5.41) is 9.67. The van der Waals surface area contributed by atoms with Crippen molar-refractivity contribution in [3.8, 4) is 0 Å².